The molecule has 0 unspecified atom stereocenters. The highest BCUT2D eigenvalue weighted by Crippen LogP contribution is 2.44. The van der Waals surface area contributed by atoms with Crippen molar-refractivity contribution in [1.29, 1.82) is 0 Å². The van der Waals surface area contributed by atoms with Gasteiger partial charge in [-0.2, -0.15) is 8.78 Å². The SMILES string of the molecule is CCN1C(=O)[C@@H]2COCC[C@@H]2c2cc(-c3cc(NC(=O)c4ccnc(C(C)(F)F)c4)ccc3C)cnc21. The number of hydrogen-bond acceptors (Lipinski definition) is 5. The molecule has 3 aromatic rings. The van der Waals surface area contributed by atoms with Crippen molar-refractivity contribution in [2.75, 3.05) is 30.0 Å². The van der Waals surface area contributed by atoms with Gasteiger partial charge in [-0.25, -0.2) is 4.98 Å². The lowest BCUT2D eigenvalue weighted by Gasteiger charge is -2.40. The number of nitrogens with one attached hydrogen (secondary N) is 1. The van der Waals surface area contributed by atoms with Crippen LogP contribution < -0.4 is 10.2 Å². The molecule has 2 atom stereocenters. The number of fused-ring (bicyclic) bond motifs is 3. The van der Waals surface area contributed by atoms with Gasteiger partial charge in [0.05, 0.1) is 12.5 Å². The van der Waals surface area contributed by atoms with Crippen LogP contribution in [-0.4, -0.2) is 41.5 Å². The molecule has 0 saturated carbocycles. The van der Waals surface area contributed by atoms with E-state index in [2.05, 4.69) is 16.4 Å². The van der Waals surface area contributed by atoms with E-state index in [1.807, 2.05) is 26.0 Å². The van der Waals surface area contributed by atoms with Gasteiger partial charge in [-0.1, -0.05) is 6.07 Å². The first-order valence-corrected chi connectivity index (χ1v) is 12.3. The Kier molecular flexibility index (Phi) is 6.49. The summed E-state index contributed by atoms with van der Waals surface area (Å²) >= 11 is 0. The first kappa shape index (κ1) is 25.0. The maximum atomic E-state index is 13.7. The molecule has 2 aliphatic heterocycles. The number of carbonyl (C=O) groups excluding carboxylic acids is 2. The second kappa shape index (κ2) is 9.63. The van der Waals surface area contributed by atoms with Gasteiger partial charge in [0.15, 0.2) is 0 Å². The Labute approximate surface area is 213 Å². The average molecular weight is 507 g/mol. The maximum absolute atomic E-state index is 13.7. The summed E-state index contributed by atoms with van der Waals surface area (Å²) in [7, 11) is 0. The quantitative estimate of drug-likeness (QED) is 0.508. The molecular weight excluding hydrogens is 478 g/mol. The van der Waals surface area contributed by atoms with Crippen molar-refractivity contribution >= 4 is 23.3 Å². The number of aryl methyl sites for hydroxylation is 1. The van der Waals surface area contributed by atoms with Crippen molar-refractivity contribution in [2.45, 2.75) is 39.0 Å². The zero-order valence-electron chi connectivity index (χ0n) is 20.9. The molecule has 1 saturated heterocycles. The monoisotopic (exact) mass is 506 g/mol. The Morgan fingerprint density at radius 2 is 2.00 bits per heavy atom. The van der Waals surface area contributed by atoms with E-state index < -0.39 is 17.5 Å². The van der Waals surface area contributed by atoms with Gasteiger partial charge in [0.2, 0.25) is 5.91 Å². The van der Waals surface area contributed by atoms with E-state index in [0.29, 0.717) is 31.3 Å². The van der Waals surface area contributed by atoms with E-state index in [1.165, 1.54) is 12.3 Å². The van der Waals surface area contributed by atoms with E-state index in [0.717, 1.165) is 41.7 Å². The highest BCUT2D eigenvalue weighted by atomic mass is 19.3. The molecule has 1 N–H and O–H groups in total. The second-order valence-electron chi connectivity index (χ2n) is 9.60. The second-order valence-corrected chi connectivity index (χ2v) is 9.60. The Balaban J connectivity index is 1.47. The van der Waals surface area contributed by atoms with Crippen LogP contribution in [0.25, 0.3) is 11.1 Å². The third kappa shape index (κ3) is 4.71. The summed E-state index contributed by atoms with van der Waals surface area (Å²) in [4.78, 5) is 36.0. The van der Waals surface area contributed by atoms with Gasteiger partial charge in [0.1, 0.15) is 11.5 Å². The number of rotatable bonds is 5. The van der Waals surface area contributed by atoms with Crippen LogP contribution >= 0.6 is 0 Å². The highest BCUT2D eigenvalue weighted by Gasteiger charge is 2.42. The number of ether oxygens (including phenoxy) is 1. The lowest BCUT2D eigenvalue weighted by molar-refractivity contribution is -0.128. The minimum atomic E-state index is -3.14. The molecule has 0 bridgehead atoms. The van der Waals surface area contributed by atoms with Crippen LogP contribution in [0.5, 0.6) is 0 Å². The summed E-state index contributed by atoms with van der Waals surface area (Å²) in [6.45, 7) is 6.19. The van der Waals surface area contributed by atoms with Crippen LogP contribution in [0, 0.1) is 12.8 Å². The molecule has 2 aromatic heterocycles. The van der Waals surface area contributed by atoms with Crippen LogP contribution in [0.1, 0.15) is 53.4 Å². The molecule has 0 spiro atoms. The normalized spacial score (nSPS) is 19.3. The van der Waals surface area contributed by atoms with Crippen LogP contribution in [0.2, 0.25) is 0 Å². The molecule has 9 heteroatoms. The Hall–Kier alpha value is -3.72. The van der Waals surface area contributed by atoms with E-state index in [-0.39, 0.29) is 23.3 Å². The first-order valence-electron chi connectivity index (χ1n) is 12.3. The fraction of sp³-hybridized carbons (Fsp3) is 0.357. The van der Waals surface area contributed by atoms with Crippen molar-refractivity contribution in [3.05, 3.63) is 71.2 Å². The maximum Gasteiger partial charge on any atom is 0.286 e. The highest BCUT2D eigenvalue weighted by molar-refractivity contribution is 6.04. The van der Waals surface area contributed by atoms with Crippen LogP contribution in [-0.2, 0) is 15.5 Å². The smallest absolute Gasteiger partial charge is 0.286 e. The van der Waals surface area contributed by atoms with E-state index in [1.54, 1.807) is 17.2 Å². The minimum Gasteiger partial charge on any atom is -0.381 e. The summed E-state index contributed by atoms with van der Waals surface area (Å²) in [5.74, 6) is -3.07. The molecule has 0 radical (unpaired) electrons. The first-order chi connectivity index (χ1) is 17.7. The fourth-order valence-electron chi connectivity index (χ4n) is 5.11. The van der Waals surface area contributed by atoms with Gasteiger partial charge in [-0.15, -0.1) is 0 Å². The topological polar surface area (TPSA) is 84.4 Å². The number of benzene rings is 1. The summed E-state index contributed by atoms with van der Waals surface area (Å²) in [6, 6.07) is 10.1. The fourth-order valence-corrected chi connectivity index (χ4v) is 5.11. The number of hydrogen-bond donors (Lipinski definition) is 1. The standard InChI is InChI=1S/C28H28F2N4O3/c1-4-34-25-22(20-8-10-37-15-23(20)27(34)36)11-18(14-32-25)21-13-19(6-5-16(21)2)33-26(35)17-7-9-31-24(12-17)28(3,29)30/h5-7,9,11-14,20,23H,4,8,10,15H2,1-3H3,(H,33,35)/t20-,23-/m1/s1. The Morgan fingerprint density at radius 3 is 2.76 bits per heavy atom. The molecule has 2 amide bonds. The number of carbonyl (C=O) groups is 2. The van der Waals surface area contributed by atoms with Gasteiger partial charge in [0.25, 0.3) is 11.8 Å². The van der Waals surface area contributed by atoms with Crippen LogP contribution in [0.3, 0.4) is 0 Å². The summed E-state index contributed by atoms with van der Waals surface area (Å²) in [5, 5.41) is 2.80. The number of amides is 2. The van der Waals surface area contributed by atoms with Crippen molar-refractivity contribution in [3.8, 4) is 11.1 Å². The minimum absolute atomic E-state index is 0.0484. The number of halogens is 2. The summed E-state index contributed by atoms with van der Waals surface area (Å²) in [6.07, 6.45) is 3.71. The van der Waals surface area contributed by atoms with Crippen LogP contribution in [0.15, 0.2) is 48.8 Å². The van der Waals surface area contributed by atoms with E-state index in [9.17, 15) is 18.4 Å². The number of alkyl halides is 2. The van der Waals surface area contributed by atoms with Gasteiger partial charge in [-0.3, -0.25) is 19.5 Å². The van der Waals surface area contributed by atoms with Gasteiger partial charge < -0.3 is 10.1 Å². The van der Waals surface area contributed by atoms with Crippen molar-refractivity contribution < 1.29 is 23.1 Å². The lowest BCUT2D eigenvalue weighted by atomic mass is 9.78. The zero-order chi connectivity index (χ0) is 26.3. The lowest BCUT2D eigenvalue weighted by Crippen LogP contribution is -2.47. The molecule has 192 valence electrons. The van der Waals surface area contributed by atoms with Crippen molar-refractivity contribution in [2.24, 2.45) is 5.92 Å². The van der Waals surface area contributed by atoms with E-state index >= 15 is 0 Å². The molecule has 2 aliphatic rings. The van der Waals surface area contributed by atoms with Gasteiger partial charge in [0, 0.05) is 55.2 Å². The molecular formula is C28H28F2N4O3. The van der Waals surface area contributed by atoms with Gasteiger partial charge >= 0.3 is 0 Å². The molecule has 4 heterocycles. The average Bonchev–Trinajstić information content (AvgIpc) is 2.89. The molecule has 7 nitrogen and oxygen atoms in total. The Morgan fingerprint density at radius 1 is 1.19 bits per heavy atom. The predicted molar refractivity (Wildman–Crippen MR) is 136 cm³/mol. The summed E-state index contributed by atoms with van der Waals surface area (Å²) in [5.41, 5.74) is 3.94. The number of nitrogens with zero attached hydrogens (tertiary/aromatic N) is 3. The molecule has 0 aliphatic carbocycles. The third-order valence-electron chi connectivity index (χ3n) is 7.08. The molecule has 5 rings (SSSR count). The van der Waals surface area contributed by atoms with Crippen molar-refractivity contribution in [1.82, 2.24) is 9.97 Å². The molecule has 37 heavy (non-hydrogen) atoms. The van der Waals surface area contributed by atoms with Crippen molar-refractivity contribution in [3.63, 3.8) is 0 Å². The number of pyridine rings is 2. The molecule has 1 aromatic carbocycles. The van der Waals surface area contributed by atoms with Crippen LogP contribution in [0.4, 0.5) is 20.3 Å². The van der Waals surface area contributed by atoms with E-state index in [4.69, 9.17) is 9.72 Å². The number of aromatic nitrogens is 2. The predicted octanol–water partition coefficient (Wildman–Crippen LogP) is 5.30. The largest absolute Gasteiger partial charge is 0.381 e. The number of anilines is 2. The van der Waals surface area contributed by atoms with Gasteiger partial charge in [-0.05, 0) is 67.3 Å². The Bertz CT molecular complexity index is 1370. The molecule has 1 fully saturated rings. The third-order valence-corrected chi connectivity index (χ3v) is 7.08. The zero-order valence-corrected chi connectivity index (χ0v) is 20.9. The summed E-state index contributed by atoms with van der Waals surface area (Å²) < 4.78 is 33.0.